The molecule has 0 spiro atoms. The molecule has 1 aromatic heterocycles. The Balaban J connectivity index is 0.00000334. The van der Waals surface area contributed by atoms with Crippen molar-refractivity contribution in [1.29, 1.82) is 5.41 Å². The van der Waals surface area contributed by atoms with Crippen molar-refractivity contribution in [2.75, 3.05) is 32.1 Å². The van der Waals surface area contributed by atoms with E-state index >= 15 is 0 Å². The molecule has 4 N–H and O–H groups in total. The van der Waals surface area contributed by atoms with Crippen LogP contribution in [0.15, 0.2) is 40.4 Å². The van der Waals surface area contributed by atoms with E-state index in [0.29, 0.717) is 0 Å². The molecular formula is C22H30F5N5O4S. The van der Waals surface area contributed by atoms with E-state index in [9.17, 15) is 29.0 Å². The van der Waals surface area contributed by atoms with Crippen molar-refractivity contribution in [1.82, 2.24) is 4.57 Å². The monoisotopic (exact) mass is 555 g/mol. The van der Waals surface area contributed by atoms with Gasteiger partial charge in [-0.05, 0) is 32.0 Å². The summed E-state index contributed by atoms with van der Waals surface area (Å²) < 4.78 is 77.9. The maximum Gasteiger partial charge on any atom is 0.343 e. The number of benzene rings is 1. The maximum atomic E-state index is 13.3. The van der Waals surface area contributed by atoms with Gasteiger partial charge in [0.1, 0.15) is 28.2 Å². The highest BCUT2D eigenvalue weighted by Crippen LogP contribution is 3.02. The molecule has 0 fully saturated rings. The van der Waals surface area contributed by atoms with E-state index < -0.39 is 44.9 Å². The van der Waals surface area contributed by atoms with Gasteiger partial charge in [0.25, 0.3) is 0 Å². The Morgan fingerprint density at radius 1 is 1.08 bits per heavy atom. The molecule has 0 atom stereocenters. The summed E-state index contributed by atoms with van der Waals surface area (Å²) in [5.74, 6) is -2.41. The van der Waals surface area contributed by atoms with Crippen LogP contribution in [0.25, 0.3) is 0 Å². The Morgan fingerprint density at radius 2 is 1.70 bits per heavy atom. The average molecular weight is 556 g/mol. The van der Waals surface area contributed by atoms with E-state index in [1.807, 2.05) is 13.8 Å². The number of anilines is 1. The maximum absolute atomic E-state index is 13.3. The van der Waals surface area contributed by atoms with Gasteiger partial charge < -0.3 is 20.5 Å². The molecule has 0 saturated heterocycles. The van der Waals surface area contributed by atoms with Crippen molar-refractivity contribution in [3.63, 3.8) is 0 Å². The van der Waals surface area contributed by atoms with Gasteiger partial charge in [-0.1, -0.05) is 33.3 Å². The first kappa shape index (κ1) is 31.4. The number of rotatable bonds is 9. The van der Waals surface area contributed by atoms with Gasteiger partial charge in [-0.15, -0.1) is 0 Å². The molecule has 0 bridgehead atoms. The third kappa shape index (κ3) is 8.48. The number of pyridine rings is 1. The molecule has 0 unspecified atom stereocenters. The molecule has 1 aromatic carbocycles. The number of carbonyl (C=O) groups is 2. The van der Waals surface area contributed by atoms with E-state index in [1.54, 1.807) is 13.8 Å². The summed E-state index contributed by atoms with van der Waals surface area (Å²) in [4.78, 5) is 26.6. The Hall–Kier alpha value is -3.62. The van der Waals surface area contributed by atoms with Crippen molar-refractivity contribution >= 4 is 33.6 Å². The van der Waals surface area contributed by atoms with E-state index in [4.69, 9.17) is 20.6 Å². The van der Waals surface area contributed by atoms with Gasteiger partial charge in [-0.2, -0.15) is 0 Å². The minimum atomic E-state index is -10.1. The summed E-state index contributed by atoms with van der Waals surface area (Å²) in [6, 6.07) is 2.43. The van der Waals surface area contributed by atoms with Crippen LogP contribution in [0.3, 0.4) is 0 Å². The minimum absolute atomic E-state index is 0.00460. The second kappa shape index (κ2) is 11.2. The van der Waals surface area contributed by atoms with E-state index in [0.717, 1.165) is 16.8 Å². The Morgan fingerprint density at radius 3 is 2.19 bits per heavy atom. The lowest BCUT2D eigenvalue weighted by Crippen LogP contribution is -2.34. The zero-order valence-corrected chi connectivity index (χ0v) is 21.7. The number of ketones is 1. The number of esters is 1. The van der Waals surface area contributed by atoms with E-state index in [1.165, 1.54) is 13.1 Å². The van der Waals surface area contributed by atoms with Gasteiger partial charge in [0.2, 0.25) is 0 Å². The number of aromatic nitrogens is 1. The van der Waals surface area contributed by atoms with Gasteiger partial charge in [-0.25, -0.2) is 4.79 Å². The molecule has 0 aliphatic carbocycles. The number of nitrogen functional groups attached to an aromatic ring is 1. The molecule has 2 rings (SSSR count). The van der Waals surface area contributed by atoms with Crippen LogP contribution >= 0.6 is 10.2 Å². The van der Waals surface area contributed by atoms with Crippen molar-refractivity contribution in [2.45, 2.75) is 32.6 Å². The smallest absolute Gasteiger partial charge is 0.343 e. The lowest BCUT2D eigenvalue weighted by atomic mass is 10.1. The van der Waals surface area contributed by atoms with Crippen molar-refractivity contribution in [2.24, 2.45) is 10.7 Å². The number of nitrogens with two attached hydrogens (primary N) is 1. The Bertz CT molecular complexity index is 1250. The fourth-order valence-corrected chi connectivity index (χ4v) is 3.55. The summed E-state index contributed by atoms with van der Waals surface area (Å²) in [6.07, 6.45) is 1.10. The number of nitrogens with one attached hydrogen (secondary N) is 2. The van der Waals surface area contributed by atoms with Gasteiger partial charge in [0, 0.05) is 30.6 Å². The molecule has 208 valence electrons. The van der Waals surface area contributed by atoms with Gasteiger partial charge >= 0.3 is 16.2 Å². The number of nitrogens with zero attached hydrogens (tertiary/aromatic N) is 2. The second-order valence-corrected chi connectivity index (χ2v) is 9.43. The highest BCUT2D eigenvalue weighted by atomic mass is 32.5. The van der Waals surface area contributed by atoms with Crippen LogP contribution in [0.5, 0.6) is 5.75 Å². The number of Topliss-reactive ketones (excluding diaryl/α,β-unsaturated/α-hetero) is 1. The van der Waals surface area contributed by atoms with Crippen LogP contribution in [-0.4, -0.2) is 49.1 Å². The van der Waals surface area contributed by atoms with Crippen molar-refractivity contribution in [3.05, 3.63) is 47.1 Å². The average Bonchev–Trinajstić information content (AvgIpc) is 2.82. The predicted octanol–water partition coefficient (Wildman–Crippen LogP) is 5.31. The summed E-state index contributed by atoms with van der Waals surface area (Å²) in [5.41, 5.74) is 4.28. The summed E-state index contributed by atoms with van der Waals surface area (Å²) in [6.45, 7) is 6.61. The van der Waals surface area contributed by atoms with E-state index in [-0.39, 0.29) is 47.8 Å². The topological polar surface area (TPSA) is 132 Å². The van der Waals surface area contributed by atoms with Crippen LogP contribution in [0.4, 0.5) is 25.1 Å². The number of carbonyl (C=O) groups excluding carboxylic acids is 2. The van der Waals surface area contributed by atoms with Crippen LogP contribution in [0.2, 0.25) is 0 Å². The summed E-state index contributed by atoms with van der Waals surface area (Å²) in [7, 11) is -8.85. The highest BCUT2D eigenvalue weighted by Gasteiger charge is 2.65. The van der Waals surface area contributed by atoms with Crippen LogP contribution in [0, 0.1) is 5.41 Å². The molecule has 0 saturated carbocycles. The first-order chi connectivity index (χ1) is 17.0. The summed E-state index contributed by atoms with van der Waals surface area (Å²) >= 11 is 0. The van der Waals surface area contributed by atoms with Crippen molar-refractivity contribution in [3.8, 4) is 5.75 Å². The quantitative estimate of drug-likeness (QED) is 0.126. The van der Waals surface area contributed by atoms with Crippen LogP contribution in [0.1, 0.15) is 48.4 Å². The van der Waals surface area contributed by atoms with Gasteiger partial charge in [-0.3, -0.25) is 19.8 Å². The molecular weight excluding hydrogens is 525 g/mol. The lowest BCUT2D eigenvalue weighted by Gasteiger charge is -2.40. The number of hydrogen-bond acceptors (Lipinski definition) is 7. The largest absolute Gasteiger partial charge is 0.493 e. The third-order valence-electron chi connectivity index (χ3n) is 4.43. The standard InChI is InChI=1S/C20H24F5N5O4S.C2H6/c1-4-33-17-9-18(30(20(26)27)11-15(17)19(32)34-5-2)29-10-16(31)12-6-13(28-3)8-14(7-12)35(21,22,23,24)25;1-2/h6-9,11,28H,4-5,10H2,1-3H3,(H3,26,27);1-2H3. The Labute approximate surface area is 210 Å². The normalized spacial score (nSPS) is 13.4. The zero-order chi connectivity index (χ0) is 28.7. The molecule has 37 heavy (non-hydrogen) atoms. The minimum Gasteiger partial charge on any atom is -0.493 e. The third-order valence-corrected chi connectivity index (χ3v) is 5.56. The molecule has 2 aromatic rings. The fourth-order valence-electron chi connectivity index (χ4n) is 2.85. The predicted molar refractivity (Wildman–Crippen MR) is 132 cm³/mol. The lowest BCUT2D eigenvalue weighted by molar-refractivity contribution is 0.0520. The highest BCUT2D eigenvalue weighted by molar-refractivity contribution is 8.45. The molecule has 15 heteroatoms. The first-order valence-corrected chi connectivity index (χ1v) is 13.0. The number of hydrogen-bond donors (Lipinski definition) is 3. The number of ether oxygens (including phenoxy) is 2. The SMILES string of the molecule is CC.CCOC(=O)c1cn(C(=N)N)c(=NCC(=O)c2cc(NC)cc(S(F)(F)(F)(F)F)c2)cc1OCC. The Kier molecular flexibility index (Phi) is 9.50. The first-order valence-electron chi connectivity index (χ1n) is 11.0. The summed E-state index contributed by atoms with van der Waals surface area (Å²) in [5, 5.41) is 10.0. The van der Waals surface area contributed by atoms with Crippen LogP contribution < -0.4 is 21.3 Å². The molecule has 0 amide bonds. The van der Waals surface area contributed by atoms with Gasteiger partial charge in [0.05, 0.1) is 13.2 Å². The van der Waals surface area contributed by atoms with Crippen LogP contribution in [-0.2, 0) is 4.74 Å². The molecule has 0 aliphatic heterocycles. The molecule has 0 radical (unpaired) electrons. The van der Waals surface area contributed by atoms with Crippen molar-refractivity contribution < 1.29 is 38.5 Å². The number of halogens is 5. The zero-order valence-electron chi connectivity index (χ0n) is 20.9. The van der Waals surface area contributed by atoms with E-state index in [2.05, 4.69) is 10.3 Å². The molecule has 9 nitrogen and oxygen atoms in total. The fraction of sp³-hybridized carbons (Fsp3) is 0.364. The van der Waals surface area contributed by atoms with Gasteiger partial charge in [0.15, 0.2) is 11.7 Å². The molecule has 0 aliphatic rings. The second-order valence-electron chi connectivity index (χ2n) is 7.02. The molecule has 1 heterocycles.